The van der Waals surface area contributed by atoms with Crippen molar-refractivity contribution < 1.29 is 4.79 Å². The number of aromatic nitrogens is 2. The molecule has 0 aliphatic carbocycles. The van der Waals surface area contributed by atoms with Crippen LogP contribution in [0.1, 0.15) is 23.7 Å². The van der Waals surface area contributed by atoms with Gasteiger partial charge in [0, 0.05) is 47.7 Å². The summed E-state index contributed by atoms with van der Waals surface area (Å²) in [7, 11) is 0. The molecular weight excluding hydrogens is 344 g/mol. The molecule has 1 atom stereocenters. The first-order valence-electron chi connectivity index (χ1n) is 8.81. The Morgan fingerprint density at radius 2 is 2.19 bits per heavy atom. The monoisotopic (exact) mass is 366 g/mol. The molecule has 26 heavy (non-hydrogen) atoms. The number of carbonyl (C=O) groups excluding carboxylic acids is 1. The number of hydrogen-bond acceptors (Lipinski definition) is 4. The minimum absolute atomic E-state index is 0.0171. The van der Waals surface area contributed by atoms with Gasteiger partial charge in [0.1, 0.15) is 0 Å². The van der Waals surface area contributed by atoms with E-state index in [0.29, 0.717) is 6.54 Å². The van der Waals surface area contributed by atoms with E-state index >= 15 is 0 Å². The van der Waals surface area contributed by atoms with Gasteiger partial charge in [-0.1, -0.05) is 12.1 Å². The Morgan fingerprint density at radius 1 is 1.31 bits per heavy atom. The smallest absolute Gasteiger partial charge is 0.238 e. The number of nitrogens with one attached hydrogen (secondary N) is 1. The molecule has 2 aromatic heterocycles. The van der Waals surface area contributed by atoms with Crippen LogP contribution in [-0.4, -0.2) is 33.4 Å². The minimum atomic E-state index is 0.0171. The van der Waals surface area contributed by atoms with Crippen LogP contribution in [0.5, 0.6) is 0 Å². The fourth-order valence-electron chi connectivity index (χ4n) is 3.48. The molecule has 1 aliphatic rings. The van der Waals surface area contributed by atoms with Gasteiger partial charge in [-0.05, 0) is 38.1 Å². The van der Waals surface area contributed by atoms with E-state index in [1.165, 1.54) is 5.69 Å². The third kappa shape index (κ3) is 3.43. The van der Waals surface area contributed by atoms with Crippen LogP contribution < -0.4 is 5.32 Å². The van der Waals surface area contributed by atoms with Crippen LogP contribution in [0, 0.1) is 6.92 Å². The fourth-order valence-corrected chi connectivity index (χ4v) is 4.10. The van der Waals surface area contributed by atoms with Gasteiger partial charge in [0.2, 0.25) is 5.91 Å². The van der Waals surface area contributed by atoms with Gasteiger partial charge in [0.25, 0.3) is 0 Å². The van der Waals surface area contributed by atoms with Crippen molar-refractivity contribution in [2.75, 3.05) is 18.4 Å². The quantitative estimate of drug-likeness (QED) is 0.761. The summed E-state index contributed by atoms with van der Waals surface area (Å²) in [6.45, 7) is 6.36. The molecule has 0 spiro atoms. The van der Waals surface area contributed by atoms with Gasteiger partial charge in [-0.25, -0.2) is 4.98 Å². The van der Waals surface area contributed by atoms with Crippen LogP contribution >= 0.6 is 11.3 Å². The zero-order chi connectivity index (χ0) is 18.1. The molecule has 1 amide bonds. The highest BCUT2D eigenvalue weighted by molar-refractivity contribution is 7.09. The third-order valence-corrected chi connectivity index (χ3v) is 5.65. The maximum atomic E-state index is 12.6. The number of hydrogen-bond donors (Lipinski definition) is 1. The average molecular weight is 366 g/mol. The second kappa shape index (κ2) is 7.05. The van der Waals surface area contributed by atoms with E-state index in [9.17, 15) is 4.79 Å². The van der Waals surface area contributed by atoms with E-state index in [0.717, 1.165) is 35.0 Å². The Kier molecular flexibility index (Phi) is 4.61. The summed E-state index contributed by atoms with van der Waals surface area (Å²) in [5, 5.41) is 6.12. The molecule has 0 radical (unpaired) electrons. The van der Waals surface area contributed by atoms with Crippen LogP contribution in [0.3, 0.4) is 0 Å². The summed E-state index contributed by atoms with van der Waals surface area (Å²) in [4.78, 5) is 19.3. The van der Waals surface area contributed by atoms with Gasteiger partial charge in [-0.3, -0.25) is 9.69 Å². The normalized spacial score (nSPS) is 17.1. The Morgan fingerprint density at radius 3 is 3.00 bits per heavy atom. The zero-order valence-corrected chi connectivity index (χ0v) is 15.8. The number of rotatable bonds is 4. The van der Waals surface area contributed by atoms with Crippen LogP contribution in [-0.2, 0) is 11.3 Å². The summed E-state index contributed by atoms with van der Waals surface area (Å²) < 4.78 is 2.26. The minimum Gasteiger partial charge on any atom is -0.349 e. The molecule has 0 fully saturated rings. The third-order valence-electron chi connectivity index (χ3n) is 4.88. The van der Waals surface area contributed by atoms with Crippen molar-refractivity contribution in [3.8, 4) is 11.3 Å². The molecule has 1 unspecified atom stereocenters. The van der Waals surface area contributed by atoms with Crippen molar-refractivity contribution in [2.45, 2.75) is 26.4 Å². The molecule has 4 rings (SSSR count). The predicted molar refractivity (Wildman–Crippen MR) is 105 cm³/mol. The fraction of sp³-hybridized carbons (Fsp3) is 0.300. The molecule has 5 nitrogen and oxygen atoms in total. The number of amides is 1. The molecule has 0 bridgehead atoms. The number of fused-ring (bicyclic) bond motifs is 1. The van der Waals surface area contributed by atoms with Gasteiger partial charge >= 0.3 is 0 Å². The number of carbonyl (C=O) groups is 1. The van der Waals surface area contributed by atoms with Gasteiger partial charge < -0.3 is 9.88 Å². The Hall–Kier alpha value is -2.44. The molecule has 134 valence electrons. The molecule has 1 N–H and O–H groups in total. The molecule has 3 heterocycles. The number of nitrogens with zero attached hydrogens (tertiary/aromatic N) is 3. The topological polar surface area (TPSA) is 50.2 Å². The summed E-state index contributed by atoms with van der Waals surface area (Å²) in [6.07, 6.45) is 2.11. The highest BCUT2D eigenvalue weighted by Crippen LogP contribution is 2.26. The number of benzene rings is 1. The molecule has 1 aliphatic heterocycles. The van der Waals surface area contributed by atoms with Crippen molar-refractivity contribution in [3.05, 3.63) is 58.7 Å². The molecule has 6 heteroatoms. The molecule has 3 aromatic rings. The number of thiazole rings is 1. The van der Waals surface area contributed by atoms with E-state index in [1.807, 2.05) is 36.6 Å². The second-order valence-corrected chi connectivity index (χ2v) is 7.72. The summed E-state index contributed by atoms with van der Waals surface area (Å²) >= 11 is 1.63. The summed E-state index contributed by atoms with van der Waals surface area (Å²) in [5.41, 5.74) is 4.06. The molecule has 1 aromatic carbocycles. The zero-order valence-electron chi connectivity index (χ0n) is 15.0. The molecule has 0 saturated heterocycles. The lowest BCUT2D eigenvalue weighted by molar-refractivity contribution is -0.118. The average Bonchev–Trinajstić information content (AvgIpc) is 3.27. The van der Waals surface area contributed by atoms with Crippen molar-refractivity contribution in [1.82, 2.24) is 14.5 Å². The largest absolute Gasteiger partial charge is 0.349 e. The van der Waals surface area contributed by atoms with Crippen LogP contribution in [0.25, 0.3) is 11.3 Å². The first-order chi connectivity index (χ1) is 12.6. The summed E-state index contributed by atoms with van der Waals surface area (Å²) in [6, 6.07) is 12.3. The van der Waals surface area contributed by atoms with E-state index < -0.39 is 0 Å². The maximum Gasteiger partial charge on any atom is 0.238 e. The Labute approximate surface area is 157 Å². The standard InChI is InChI=1S/C20H22N4OS/c1-14-19-7-4-8-23(19)9-10-24(14)12-20(25)22-17-6-3-5-16(11-17)18-13-26-15(2)21-18/h3-8,11,13-14H,9-10,12H2,1-2H3,(H,22,25). The first-order valence-corrected chi connectivity index (χ1v) is 9.69. The van der Waals surface area contributed by atoms with Crippen molar-refractivity contribution in [1.29, 1.82) is 0 Å². The predicted octanol–water partition coefficient (Wildman–Crippen LogP) is 3.94. The number of aryl methyl sites for hydroxylation is 1. The Bertz CT molecular complexity index is 929. The van der Waals surface area contributed by atoms with Gasteiger partial charge in [0.15, 0.2) is 0 Å². The lowest BCUT2D eigenvalue weighted by Gasteiger charge is -2.34. The van der Waals surface area contributed by atoms with Gasteiger partial charge in [0.05, 0.1) is 17.2 Å². The van der Waals surface area contributed by atoms with Crippen molar-refractivity contribution >= 4 is 22.9 Å². The highest BCUT2D eigenvalue weighted by Gasteiger charge is 2.25. The highest BCUT2D eigenvalue weighted by atomic mass is 32.1. The van der Waals surface area contributed by atoms with Gasteiger partial charge in [-0.2, -0.15) is 0 Å². The first kappa shape index (κ1) is 17.0. The SMILES string of the molecule is Cc1nc(-c2cccc(NC(=O)CN3CCn4cccc4C3C)c2)cs1. The second-order valence-electron chi connectivity index (χ2n) is 6.65. The van der Waals surface area contributed by atoms with Crippen LogP contribution in [0.2, 0.25) is 0 Å². The Balaban J connectivity index is 1.42. The van der Waals surface area contributed by atoms with E-state index in [4.69, 9.17) is 0 Å². The lowest BCUT2D eigenvalue weighted by Crippen LogP contribution is -2.41. The van der Waals surface area contributed by atoms with E-state index in [-0.39, 0.29) is 11.9 Å². The lowest BCUT2D eigenvalue weighted by atomic mass is 10.1. The van der Waals surface area contributed by atoms with Crippen LogP contribution in [0.15, 0.2) is 48.0 Å². The van der Waals surface area contributed by atoms with Gasteiger partial charge in [-0.15, -0.1) is 11.3 Å². The maximum absolute atomic E-state index is 12.6. The van der Waals surface area contributed by atoms with E-state index in [2.05, 4.69) is 45.0 Å². The van der Waals surface area contributed by atoms with E-state index in [1.54, 1.807) is 11.3 Å². The van der Waals surface area contributed by atoms with Crippen molar-refractivity contribution in [3.63, 3.8) is 0 Å². The van der Waals surface area contributed by atoms with Crippen LogP contribution in [0.4, 0.5) is 5.69 Å². The molecular formula is C20H22N4OS. The molecule has 0 saturated carbocycles. The summed E-state index contributed by atoms with van der Waals surface area (Å²) in [5.74, 6) is 0.0171. The number of anilines is 1. The van der Waals surface area contributed by atoms with Crippen molar-refractivity contribution in [2.24, 2.45) is 0 Å².